The number of rotatable bonds is 2. The number of hydrogen-bond donors (Lipinski definition) is 1. The molecule has 1 aromatic rings. The molecular formula is C12H20O2. The molecule has 1 aromatic carbocycles. The maximum Gasteiger partial charge on any atom is 0.153 e. The van der Waals surface area contributed by atoms with Crippen molar-refractivity contribution in [3.8, 4) is 0 Å². The van der Waals surface area contributed by atoms with Crippen LogP contribution < -0.4 is 0 Å². The molecule has 2 heteroatoms. The van der Waals surface area contributed by atoms with Crippen LogP contribution in [-0.4, -0.2) is 11.4 Å². The Morgan fingerprint density at radius 2 is 1.50 bits per heavy atom. The third-order valence-electron chi connectivity index (χ3n) is 1.27. The zero-order valence-electron chi connectivity index (χ0n) is 9.40. The number of hydrogen-bond acceptors (Lipinski definition) is 2. The van der Waals surface area contributed by atoms with Gasteiger partial charge in [-0.25, -0.2) is 0 Å². The zero-order chi connectivity index (χ0) is 11.4. The molecule has 0 radical (unpaired) electrons. The van der Waals surface area contributed by atoms with Crippen molar-refractivity contribution in [3.63, 3.8) is 0 Å². The minimum atomic E-state index is -0.971. The molecule has 0 spiro atoms. The number of benzene rings is 1. The summed E-state index contributed by atoms with van der Waals surface area (Å²) in [6, 6.07) is 8.81. The first kappa shape index (κ1) is 15.3. The first-order valence-electron chi connectivity index (χ1n) is 5.03. The third kappa shape index (κ3) is 6.38. The summed E-state index contributed by atoms with van der Waals surface area (Å²) in [5.41, 5.74) is 0.637. The van der Waals surface area contributed by atoms with Gasteiger partial charge in [0.1, 0.15) is 6.10 Å². The van der Waals surface area contributed by atoms with Gasteiger partial charge in [0.25, 0.3) is 0 Å². The molecule has 2 nitrogen and oxygen atoms in total. The molecule has 0 bridgehead atoms. The van der Waals surface area contributed by atoms with E-state index in [0.717, 1.165) is 0 Å². The van der Waals surface area contributed by atoms with Crippen LogP contribution in [0.2, 0.25) is 0 Å². The van der Waals surface area contributed by atoms with Crippen molar-refractivity contribution in [2.24, 2.45) is 0 Å². The minimum absolute atomic E-state index is 0.509. The molecule has 0 aliphatic carbocycles. The summed E-state index contributed by atoms with van der Waals surface area (Å²) in [5.74, 6) is 0. The third-order valence-corrected chi connectivity index (χ3v) is 1.27. The molecule has 0 aromatic heterocycles. The quantitative estimate of drug-likeness (QED) is 0.738. The molecular weight excluding hydrogens is 176 g/mol. The average Bonchev–Trinajstić information content (AvgIpc) is 2.34. The molecule has 1 rings (SSSR count). The Bertz CT molecular complexity index is 207. The van der Waals surface area contributed by atoms with Crippen LogP contribution >= 0.6 is 0 Å². The lowest BCUT2D eigenvalue weighted by molar-refractivity contribution is -0.115. The molecule has 0 aliphatic heterocycles. The van der Waals surface area contributed by atoms with E-state index >= 15 is 0 Å². The highest BCUT2D eigenvalue weighted by Gasteiger charge is 2.01. The number of aldehydes is 1. The fourth-order valence-electron chi connectivity index (χ4n) is 0.729. The van der Waals surface area contributed by atoms with Gasteiger partial charge in [-0.3, -0.25) is 0 Å². The molecule has 0 saturated heterocycles. The Labute approximate surface area is 86.6 Å². The Balaban J connectivity index is 0. The smallest absolute Gasteiger partial charge is 0.153 e. The Morgan fingerprint density at radius 1 is 1.07 bits per heavy atom. The van der Waals surface area contributed by atoms with Crippen molar-refractivity contribution < 1.29 is 9.90 Å². The van der Waals surface area contributed by atoms with Gasteiger partial charge in [-0.05, 0) is 5.56 Å². The summed E-state index contributed by atoms with van der Waals surface area (Å²) < 4.78 is 0. The zero-order valence-corrected chi connectivity index (χ0v) is 9.40. The molecule has 80 valence electrons. The minimum Gasteiger partial charge on any atom is -0.381 e. The van der Waals surface area contributed by atoms with Crippen LogP contribution in [0.4, 0.5) is 0 Å². The Hall–Kier alpha value is -1.15. The fraction of sp³-hybridized carbons (Fsp3) is 0.417. The number of carbonyl (C=O) groups is 1. The van der Waals surface area contributed by atoms with Crippen molar-refractivity contribution in [2.75, 3.05) is 0 Å². The van der Waals surface area contributed by atoms with Crippen LogP contribution in [0.1, 0.15) is 39.4 Å². The summed E-state index contributed by atoms with van der Waals surface area (Å²) >= 11 is 0. The normalized spacial score (nSPS) is 9.79. The fourth-order valence-corrected chi connectivity index (χ4v) is 0.729. The Kier molecular flexibility index (Phi) is 13.0. The van der Waals surface area contributed by atoms with Gasteiger partial charge in [0.05, 0.1) is 0 Å². The first-order valence-corrected chi connectivity index (χ1v) is 5.03. The van der Waals surface area contributed by atoms with Crippen LogP contribution in [0.15, 0.2) is 30.3 Å². The molecule has 1 N–H and O–H groups in total. The van der Waals surface area contributed by atoms with E-state index in [1.807, 2.05) is 33.8 Å². The topological polar surface area (TPSA) is 37.3 Å². The van der Waals surface area contributed by atoms with Crippen LogP contribution in [0.3, 0.4) is 0 Å². The van der Waals surface area contributed by atoms with Gasteiger partial charge in [-0.15, -0.1) is 0 Å². The molecule has 0 fully saturated rings. The van der Waals surface area contributed by atoms with Crippen molar-refractivity contribution in [1.29, 1.82) is 0 Å². The summed E-state index contributed by atoms with van der Waals surface area (Å²) in [5, 5.41) is 8.96. The molecule has 0 heterocycles. The molecule has 0 amide bonds. The van der Waals surface area contributed by atoms with Gasteiger partial charge in [-0.2, -0.15) is 0 Å². The molecule has 1 unspecified atom stereocenters. The lowest BCUT2D eigenvalue weighted by Crippen LogP contribution is -1.96. The van der Waals surface area contributed by atoms with E-state index in [0.29, 0.717) is 11.8 Å². The highest BCUT2D eigenvalue weighted by atomic mass is 16.3. The van der Waals surface area contributed by atoms with E-state index in [-0.39, 0.29) is 0 Å². The van der Waals surface area contributed by atoms with E-state index < -0.39 is 6.10 Å². The van der Waals surface area contributed by atoms with E-state index in [4.69, 9.17) is 5.11 Å². The van der Waals surface area contributed by atoms with Crippen molar-refractivity contribution in [3.05, 3.63) is 35.9 Å². The van der Waals surface area contributed by atoms with Gasteiger partial charge in [0, 0.05) is 0 Å². The van der Waals surface area contributed by atoms with E-state index in [1.165, 1.54) is 0 Å². The monoisotopic (exact) mass is 196 g/mol. The highest BCUT2D eigenvalue weighted by Crippen LogP contribution is 2.07. The number of aliphatic hydroxyl groups is 1. The van der Waals surface area contributed by atoms with Crippen molar-refractivity contribution >= 4 is 6.29 Å². The van der Waals surface area contributed by atoms with E-state index in [1.54, 1.807) is 24.3 Å². The van der Waals surface area contributed by atoms with Gasteiger partial charge < -0.3 is 9.90 Å². The van der Waals surface area contributed by atoms with Crippen LogP contribution in [0, 0.1) is 0 Å². The molecule has 14 heavy (non-hydrogen) atoms. The van der Waals surface area contributed by atoms with Gasteiger partial charge in [0.15, 0.2) is 6.29 Å². The summed E-state index contributed by atoms with van der Waals surface area (Å²) in [6.45, 7) is 8.00. The second kappa shape index (κ2) is 11.8. The number of aliphatic hydroxyl groups excluding tert-OH is 1. The van der Waals surface area contributed by atoms with Crippen LogP contribution in [0.25, 0.3) is 0 Å². The van der Waals surface area contributed by atoms with Crippen LogP contribution in [-0.2, 0) is 4.79 Å². The van der Waals surface area contributed by atoms with Gasteiger partial charge in [0.2, 0.25) is 0 Å². The molecule has 1 atom stereocenters. The predicted octanol–water partition coefficient (Wildman–Crippen LogP) is 2.97. The predicted molar refractivity (Wildman–Crippen MR) is 60.2 cm³/mol. The SMILES string of the molecule is CC.CC.O=CC(O)c1ccccc1. The summed E-state index contributed by atoms with van der Waals surface area (Å²) in [4.78, 5) is 10.1. The maximum atomic E-state index is 10.1. The second-order valence-electron chi connectivity index (χ2n) is 1.99. The van der Waals surface area contributed by atoms with Gasteiger partial charge >= 0.3 is 0 Å². The summed E-state index contributed by atoms with van der Waals surface area (Å²) in [7, 11) is 0. The van der Waals surface area contributed by atoms with E-state index in [9.17, 15) is 4.79 Å². The number of carbonyl (C=O) groups excluding carboxylic acids is 1. The molecule has 0 aliphatic rings. The Morgan fingerprint density at radius 3 is 1.86 bits per heavy atom. The first-order chi connectivity index (χ1) is 6.84. The second-order valence-corrected chi connectivity index (χ2v) is 1.99. The summed E-state index contributed by atoms with van der Waals surface area (Å²) in [6.07, 6.45) is -0.462. The van der Waals surface area contributed by atoms with Gasteiger partial charge in [-0.1, -0.05) is 58.0 Å². The maximum absolute atomic E-state index is 10.1. The van der Waals surface area contributed by atoms with Crippen molar-refractivity contribution in [2.45, 2.75) is 33.8 Å². The van der Waals surface area contributed by atoms with Crippen molar-refractivity contribution in [1.82, 2.24) is 0 Å². The lowest BCUT2D eigenvalue weighted by Gasteiger charge is -1.99. The highest BCUT2D eigenvalue weighted by molar-refractivity contribution is 5.59. The average molecular weight is 196 g/mol. The largest absolute Gasteiger partial charge is 0.381 e. The van der Waals surface area contributed by atoms with E-state index in [2.05, 4.69) is 0 Å². The van der Waals surface area contributed by atoms with Crippen LogP contribution in [0.5, 0.6) is 0 Å². The lowest BCUT2D eigenvalue weighted by atomic mass is 10.1. The molecule has 0 saturated carbocycles. The standard InChI is InChI=1S/C8H8O2.2C2H6/c9-6-8(10)7-4-2-1-3-5-7;2*1-2/h1-6,8,10H;2*1-2H3.